The minimum atomic E-state index is -0.483. The first-order chi connectivity index (χ1) is 14.4. The van der Waals surface area contributed by atoms with E-state index in [9.17, 15) is 14.4 Å². The molecule has 3 rings (SSSR count). The highest BCUT2D eigenvalue weighted by molar-refractivity contribution is 5.95. The number of aryl methyl sites for hydroxylation is 2. The lowest BCUT2D eigenvalue weighted by Gasteiger charge is -2.13. The van der Waals surface area contributed by atoms with Crippen LogP contribution in [0.3, 0.4) is 0 Å². The van der Waals surface area contributed by atoms with E-state index in [0.29, 0.717) is 29.1 Å². The van der Waals surface area contributed by atoms with E-state index < -0.39 is 11.5 Å². The van der Waals surface area contributed by atoms with E-state index >= 15 is 0 Å². The Kier molecular flexibility index (Phi) is 6.65. The summed E-state index contributed by atoms with van der Waals surface area (Å²) in [6.45, 7) is 4.42. The number of nitrogens with zero attached hydrogens (tertiary/aromatic N) is 2. The second kappa shape index (κ2) is 9.37. The van der Waals surface area contributed by atoms with Crippen LogP contribution in [0.15, 0.2) is 35.1 Å². The van der Waals surface area contributed by atoms with Crippen molar-refractivity contribution in [1.82, 2.24) is 9.88 Å². The largest absolute Gasteiger partial charge is 0.376 e. The van der Waals surface area contributed by atoms with E-state index in [1.54, 1.807) is 44.2 Å². The fourth-order valence-corrected chi connectivity index (χ4v) is 3.42. The van der Waals surface area contributed by atoms with Crippen molar-refractivity contribution in [3.8, 4) is 6.07 Å². The summed E-state index contributed by atoms with van der Waals surface area (Å²) < 4.78 is 6.76. The zero-order valence-electron chi connectivity index (χ0n) is 17.0. The van der Waals surface area contributed by atoms with Crippen molar-refractivity contribution in [2.45, 2.75) is 39.3 Å². The number of hydrogen-bond acceptors (Lipinski definition) is 5. The third-order valence-corrected chi connectivity index (χ3v) is 5.06. The molecule has 1 unspecified atom stereocenters. The van der Waals surface area contributed by atoms with Gasteiger partial charge in [0.2, 0.25) is 5.91 Å². The topological polar surface area (TPSA) is 113 Å². The zero-order chi connectivity index (χ0) is 21.7. The van der Waals surface area contributed by atoms with Gasteiger partial charge in [-0.25, -0.2) is 0 Å². The molecule has 1 aliphatic heterocycles. The first kappa shape index (κ1) is 21.3. The molecule has 1 atom stereocenters. The fraction of sp³-hybridized carbons (Fsp3) is 0.364. The van der Waals surface area contributed by atoms with Crippen LogP contribution in [0.1, 0.15) is 40.0 Å². The standard InChI is InChI=1S/C22H24N4O4/c1-14-10-15(2)26(22(29)19(14)11-23)13-20(27)25-17-7-5-16(6-8-17)21(28)24-12-18-4-3-9-30-18/h5-8,10,18H,3-4,9,12-13H2,1-2H3,(H,24,28)(H,25,27). The molecular weight excluding hydrogens is 384 g/mol. The van der Waals surface area contributed by atoms with Gasteiger partial charge in [0.1, 0.15) is 18.2 Å². The number of amides is 2. The average molecular weight is 408 g/mol. The molecule has 0 radical (unpaired) electrons. The number of anilines is 1. The third-order valence-electron chi connectivity index (χ3n) is 5.06. The van der Waals surface area contributed by atoms with Gasteiger partial charge in [0.15, 0.2) is 0 Å². The van der Waals surface area contributed by atoms with Crippen LogP contribution in [0.4, 0.5) is 5.69 Å². The van der Waals surface area contributed by atoms with E-state index in [4.69, 9.17) is 10.00 Å². The van der Waals surface area contributed by atoms with Crippen molar-refractivity contribution in [3.05, 3.63) is 63.1 Å². The van der Waals surface area contributed by atoms with Crippen LogP contribution in [-0.2, 0) is 16.1 Å². The predicted molar refractivity (Wildman–Crippen MR) is 111 cm³/mol. The van der Waals surface area contributed by atoms with Crippen LogP contribution in [-0.4, -0.2) is 35.6 Å². The first-order valence-corrected chi connectivity index (χ1v) is 9.80. The molecule has 2 heterocycles. The lowest BCUT2D eigenvalue weighted by Crippen LogP contribution is -2.32. The second-order valence-corrected chi connectivity index (χ2v) is 7.32. The van der Waals surface area contributed by atoms with Gasteiger partial charge in [-0.2, -0.15) is 5.26 Å². The molecular formula is C22H24N4O4. The summed E-state index contributed by atoms with van der Waals surface area (Å²) in [6.07, 6.45) is 2.04. The van der Waals surface area contributed by atoms with E-state index in [0.717, 1.165) is 19.4 Å². The Morgan fingerprint density at radius 2 is 2.00 bits per heavy atom. The van der Waals surface area contributed by atoms with Crippen LogP contribution < -0.4 is 16.2 Å². The van der Waals surface area contributed by atoms with Gasteiger partial charge in [-0.05, 0) is 62.6 Å². The summed E-state index contributed by atoms with van der Waals surface area (Å²) >= 11 is 0. The summed E-state index contributed by atoms with van der Waals surface area (Å²) in [5.74, 6) is -0.599. The van der Waals surface area contributed by atoms with E-state index in [2.05, 4.69) is 10.6 Å². The highest BCUT2D eigenvalue weighted by Gasteiger charge is 2.17. The molecule has 0 bridgehead atoms. The highest BCUT2D eigenvalue weighted by atomic mass is 16.5. The number of carbonyl (C=O) groups excluding carboxylic acids is 2. The number of hydrogen-bond donors (Lipinski definition) is 2. The van der Waals surface area contributed by atoms with Crippen molar-refractivity contribution in [1.29, 1.82) is 5.26 Å². The van der Waals surface area contributed by atoms with Crippen LogP contribution in [0.2, 0.25) is 0 Å². The zero-order valence-corrected chi connectivity index (χ0v) is 17.0. The quantitative estimate of drug-likeness (QED) is 0.758. The Morgan fingerprint density at radius 3 is 2.63 bits per heavy atom. The molecule has 8 nitrogen and oxygen atoms in total. The van der Waals surface area contributed by atoms with Gasteiger partial charge in [0.05, 0.1) is 6.10 Å². The van der Waals surface area contributed by atoms with Crippen molar-refractivity contribution < 1.29 is 14.3 Å². The Labute approximate surface area is 174 Å². The van der Waals surface area contributed by atoms with Crippen molar-refractivity contribution in [3.63, 3.8) is 0 Å². The molecule has 2 aromatic rings. The van der Waals surface area contributed by atoms with Crippen molar-refractivity contribution >= 4 is 17.5 Å². The van der Waals surface area contributed by atoms with Gasteiger partial charge >= 0.3 is 0 Å². The van der Waals surface area contributed by atoms with Crippen LogP contribution in [0.5, 0.6) is 0 Å². The SMILES string of the molecule is Cc1cc(C)n(CC(=O)Nc2ccc(C(=O)NCC3CCCO3)cc2)c(=O)c1C#N. The van der Waals surface area contributed by atoms with Crippen molar-refractivity contribution in [2.24, 2.45) is 0 Å². The van der Waals surface area contributed by atoms with Crippen LogP contribution in [0.25, 0.3) is 0 Å². The number of pyridine rings is 1. The van der Waals surface area contributed by atoms with Gasteiger partial charge in [-0.1, -0.05) is 0 Å². The molecule has 1 saturated heterocycles. The van der Waals surface area contributed by atoms with Crippen LogP contribution in [0, 0.1) is 25.2 Å². The van der Waals surface area contributed by atoms with Gasteiger partial charge in [0.25, 0.3) is 11.5 Å². The summed E-state index contributed by atoms with van der Waals surface area (Å²) in [7, 11) is 0. The molecule has 0 spiro atoms. The second-order valence-electron chi connectivity index (χ2n) is 7.32. The molecule has 2 amide bonds. The molecule has 1 aromatic carbocycles. The highest BCUT2D eigenvalue weighted by Crippen LogP contribution is 2.13. The third kappa shape index (κ3) is 4.93. The summed E-state index contributed by atoms with van der Waals surface area (Å²) in [5, 5.41) is 14.7. The Hall–Kier alpha value is -3.44. The minimum Gasteiger partial charge on any atom is -0.376 e. The summed E-state index contributed by atoms with van der Waals surface area (Å²) in [6, 6.07) is 10.1. The number of nitrogens with one attached hydrogen (secondary N) is 2. The first-order valence-electron chi connectivity index (χ1n) is 9.80. The summed E-state index contributed by atoms with van der Waals surface area (Å²) in [4.78, 5) is 37.0. The van der Waals surface area contributed by atoms with E-state index in [1.165, 1.54) is 4.57 Å². The monoisotopic (exact) mass is 408 g/mol. The maximum Gasteiger partial charge on any atom is 0.269 e. The Morgan fingerprint density at radius 1 is 1.27 bits per heavy atom. The normalized spacial score (nSPS) is 15.4. The average Bonchev–Trinajstić information content (AvgIpc) is 3.24. The molecule has 1 aliphatic rings. The number of benzene rings is 1. The maximum absolute atomic E-state index is 12.4. The molecule has 0 aliphatic carbocycles. The lowest BCUT2D eigenvalue weighted by atomic mass is 10.1. The molecule has 2 N–H and O–H groups in total. The lowest BCUT2D eigenvalue weighted by molar-refractivity contribution is -0.116. The van der Waals surface area contributed by atoms with Gasteiger partial charge in [-0.3, -0.25) is 14.4 Å². The van der Waals surface area contributed by atoms with Crippen LogP contribution >= 0.6 is 0 Å². The maximum atomic E-state index is 12.4. The number of rotatable bonds is 6. The summed E-state index contributed by atoms with van der Waals surface area (Å²) in [5.41, 5.74) is 1.73. The number of aromatic nitrogens is 1. The smallest absolute Gasteiger partial charge is 0.269 e. The molecule has 156 valence electrons. The van der Waals surface area contributed by atoms with Gasteiger partial charge in [0, 0.05) is 30.1 Å². The molecule has 30 heavy (non-hydrogen) atoms. The van der Waals surface area contributed by atoms with Gasteiger partial charge in [-0.15, -0.1) is 0 Å². The van der Waals surface area contributed by atoms with Gasteiger partial charge < -0.3 is 19.9 Å². The number of nitriles is 1. The minimum absolute atomic E-state index is 0.0340. The molecule has 1 fully saturated rings. The fourth-order valence-electron chi connectivity index (χ4n) is 3.42. The molecule has 8 heteroatoms. The number of carbonyl (C=O) groups is 2. The van der Waals surface area contributed by atoms with E-state index in [1.807, 2.05) is 6.07 Å². The Bertz CT molecular complexity index is 1040. The Balaban J connectivity index is 1.60. The van der Waals surface area contributed by atoms with Crippen molar-refractivity contribution in [2.75, 3.05) is 18.5 Å². The molecule has 1 aromatic heterocycles. The predicted octanol–water partition coefficient (Wildman–Crippen LogP) is 1.88. The molecule has 0 saturated carbocycles. The number of ether oxygens (including phenoxy) is 1. The van der Waals surface area contributed by atoms with E-state index in [-0.39, 0.29) is 24.1 Å².